The summed E-state index contributed by atoms with van der Waals surface area (Å²) in [5.41, 5.74) is -0.840. The second kappa shape index (κ2) is 8.12. The molecule has 2 saturated heterocycles. The van der Waals surface area contributed by atoms with Crippen LogP contribution in [0.25, 0.3) is 5.52 Å². The number of nitrogens with zero attached hydrogens (tertiary/aromatic N) is 5. The number of carbonyl (C=O) groups is 3. The number of alkyl halides is 3. The van der Waals surface area contributed by atoms with Crippen molar-refractivity contribution in [2.75, 3.05) is 26.2 Å². The lowest BCUT2D eigenvalue weighted by atomic mass is 10.0. The summed E-state index contributed by atoms with van der Waals surface area (Å²) in [6, 6.07) is 2.20. The van der Waals surface area contributed by atoms with Crippen LogP contribution >= 0.6 is 11.6 Å². The van der Waals surface area contributed by atoms with Crippen LogP contribution in [0.5, 0.6) is 0 Å². The molecule has 3 amide bonds. The van der Waals surface area contributed by atoms with Gasteiger partial charge in [0.15, 0.2) is 5.69 Å². The monoisotopic (exact) mass is 499 g/mol. The van der Waals surface area contributed by atoms with Crippen molar-refractivity contribution in [2.24, 2.45) is 0 Å². The minimum absolute atomic E-state index is 0.000907. The van der Waals surface area contributed by atoms with Crippen LogP contribution in [-0.2, 0) is 15.8 Å². The maximum Gasteiger partial charge on any atom is 0.433 e. The molecule has 1 unspecified atom stereocenters. The molecule has 5 rings (SSSR count). The summed E-state index contributed by atoms with van der Waals surface area (Å²) in [5, 5.41) is 13.8. The van der Waals surface area contributed by atoms with E-state index in [1.165, 1.54) is 15.9 Å². The number of rotatable bonds is 3. The number of amides is 3. The normalized spacial score (nSPS) is 22.1. The Labute approximate surface area is 196 Å². The highest BCUT2D eigenvalue weighted by atomic mass is 35.5. The number of piperazine rings is 1. The van der Waals surface area contributed by atoms with Crippen molar-refractivity contribution < 1.29 is 32.8 Å². The highest BCUT2D eigenvalue weighted by Gasteiger charge is 2.40. The Morgan fingerprint density at radius 3 is 2.44 bits per heavy atom. The zero-order valence-electron chi connectivity index (χ0n) is 17.9. The van der Waals surface area contributed by atoms with Crippen molar-refractivity contribution in [3.8, 4) is 0 Å². The van der Waals surface area contributed by atoms with E-state index in [9.17, 15) is 32.8 Å². The molecule has 13 heteroatoms. The molecule has 182 valence electrons. The fourth-order valence-electron chi connectivity index (χ4n) is 4.60. The Morgan fingerprint density at radius 2 is 1.82 bits per heavy atom. The molecule has 1 N–H and O–H groups in total. The molecule has 4 heterocycles. The van der Waals surface area contributed by atoms with E-state index in [2.05, 4.69) is 5.10 Å². The minimum atomic E-state index is -4.69. The van der Waals surface area contributed by atoms with E-state index in [0.29, 0.717) is 21.6 Å². The first kappa shape index (κ1) is 22.9. The number of aromatic nitrogens is 2. The van der Waals surface area contributed by atoms with E-state index in [-0.39, 0.29) is 60.8 Å². The summed E-state index contributed by atoms with van der Waals surface area (Å²) in [7, 11) is 0. The van der Waals surface area contributed by atoms with Crippen molar-refractivity contribution >= 4 is 34.8 Å². The molecular weight excluding hydrogens is 479 g/mol. The summed E-state index contributed by atoms with van der Waals surface area (Å²) >= 11 is 6.35. The van der Waals surface area contributed by atoms with Gasteiger partial charge in [-0.3, -0.25) is 19.6 Å². The lowest BCUT2D eigenvalue weighted by Crippen LogP contribution is -2.57. The van der Waals surface area contributed by atoms with E-state index in [4.69, 9.17) is 11.6 Å². The average molecular weight is 500 g/mol. The van der Waals surface area contributed by atoms with Crippen LogP contribution in [0, 0.1) is 0 Å². The second-order valence-corrected chi connectivity index (χ2v) is 9.26. The fraction of sp³-hybridized carbons (Fsp3) is 0.524. The first-order chi connectivity index (χ1) is 16.0. The first-order valence-electron chi connectivity index (χ1n) is 10.9. The number of fused-ring (bicyclic) bond motifs is 1. The third-order valence-corrected chi connectivity index (χ3v) is 6.97. The van der Waals surface area contributed by atoms with Gasteiger partial charge in [-0.15, -0.1) is 0 Å². The fourth-order valence-corrected chi connectivity index (χ4v) is 4.85. The summed E-state index contributed by atoms with van der Waals surface area (Å²) < 4.78 is 41.8. The minimum Gasteiger partial charge on any atom is -0.336 e. The van der Waals surface area contributed by atoms with Crippen LogP contribution in [0.3, 0.4) is 0 Å². The van der Waals surface area contributed by atoms with Gasteiger partial charge >= 0.3 is 6.18 Å². The molecule has 0 bridgehead atoms. The number of hydroxylamine groups is 2. The van der Waals surface area contributed by atoms with Crippen molar-refractivity contribution in [1.29, 1.82) is 0 Å². The summed E-state index contributed by atoms with van der Waals surface area (Å²) in [4.78, 5) is 40.3. The van der Waals surface area contributed by atoms with Crippen LogP contribution in [0.1, 0.15) is 53.3 Å². The SMILES string of the molecule is O=C1CC(N2CCN(C(=O)c3nn4c(C(F)(F)F)cc(C5CC5)cc4c3Cl)CC2=O)CCN1O. The van der Waals surface area contributed by atoms with Crippen LogP contribution in [0.2, 0.25) is 5.02 Å². The quantitative estimate of drug-likeness (QED) is 0.654. The van der Waals surface area contributed by atoms with Crippen molar-refractivity contribution in [3.63, 3.8) is 0 Å². The van der Waals surface area contributed by atoms with Gasteiger partial charge in [0.05, 0.1) is 17.1 Å². The zero-order chi connectivity index (χ0) is 24.4. The molecule has 34 heavy (non-hydrogen) atoms. The Balaban J connectivity index is 1.39. The van der Waals surface area contributed by atoms with Gasteiger partial charge in [0.2, 0.25) is 11.8 Å². The Bertz CT molecular complexity index is 1200. The topological polar surface area (TPSA) is 98.5 Å². The predicted molar refractivity (Wildman–Crippen MR) is 111 cm³/mol. The molecule has 1 aliphatic carbocycles. The van der Waals surface area contributed by atoms with Crippen molar-refractivity contribution in [2.45, 2.75) is 43.8 Å². The number of carbonyl (C=O) groups excluding carboxylic acids is 3. The van der Waals surface area contributed by atoms with Gasteiger partial charge in [0.1, 0.15) is 12.2 Å². The van der Waals surface area contributed by atoms with Gasteiger partial charge in [-0.25, -0.2) is 9.58 Å². The molecule has 9 nitrogen and oxygen atoms in total. The Morgan fingerprint density at radius 1 is 1.09 bits per heavy atom. The van der Waals surface area contributed by atoms with E-state index in [1.807, 2.05) is 0 Å². The number of halogens is 4. The molecule has 0 radical (unpaired) electrons. The number of piperidine rings is 1. The molecule has 2 aromatic heterocycles. The Hall–Kier alpha value is -2.86. The number of hydrogen-bond donors (Lipinski definition) is 1. The van der Waals surface area contributed by atoms with E-state index in [1.54, 1.807) is 0 Å². The van der Waals surface area contributed by atoms with Crippen LogP contribution in [0.4, 0.5) is 13.2 Å². The standard InChI is InChI=1S/C21H21ClF3N5O4/c22-18-14-7-12(11-1-2-11)8-15(21(23,24)25)30(14)26-19(18)20(33)27-5-6-28(17(32)10-27)13-3-4-29(34)16(31)9-13/h7-8,11,13,34H,1-6,9-10H2. The van der Waals surface area contributed by atoms with Gasteiger partial charge < -0.3 is 9.80 Å². The smallest absolute Gasteiger partial charge is 0.336 e. The van der Waals surface area contributed by atoms with Crippen LogP contribution in [0.15, 0.2) is 12.1 Å². The van der Waals surface area contributed by atoms with Gasteiger partial charge in [-0.2, -0.15) is 18.3 Å². The Kier molecular flexibility index (Phi) is 5.47. The first-order valence-corrected chi connectivity index (χ1v) is 11.3. The van der Waals surface area contributed by atoms with Crippen LogP contribution in [-0.4, -0.2) is 79.6 Å². The average Bonchev–Trinajstić information content (AvgIpc) is 3.58. The summed E-state index contributed by atoms with van der Waals surface area (Å²) in [5.74, 6) is -1.57. The van der Waals surface area contributed by atoms with Crippen molar-refractivity contribution in [1.82, 2.24) is 24.5 Å². The third kappa shape index (κ3) is 3.98. The third-order valence-electron chi connectivity index (χ3n) is 6.60. The molecule has 1 atom stereocenters. The van der Waals surface area contributed by atoms with E-state index < -0.39 is 29.6 Å². The number of pyridine rings is 1. The van der Waals surface area contributed by atoms with Crippen LogP contribution < -0.4 is 0 Å². The zero-order valence-corrected chi connectivity index (χ0v) is 18.6. The highest BCUT2D eigenvalue weighted by Crippen LogP contribution is 2.43. The molecular formula is C21H21ClF3N5O4. The lowest BCUT2D eigenvalue weighted by Gasteiger charge is -2.41. The van der Waals surface area contributed by atoms with Gasteiger partial charge in [-0.05, 0) is 42.9 Å². The van der Waals surface area contributed by atoms with E-state index in [0.717, 1.165) is 18.9 Å². The van der Waals surface area contributed by atoms with E-state index >= 15 is 0 Å². The molecule has 3 fully saturated rings. The summed E-state index contributed by atoms with van der Waals surface area (Å²) in [6.45, 7) is 0.0630. The predicted octanol–water partition coefficient (Wildman–Crippen LogP) is 2.55. The maximum atomic E-state index is 13.7. The number of hydrogen-bond acceptors (Lipinski definition) is 5. The second-order valence-electron chi connectivity index (χ2n) is 8.88. The molecule has 0 spiro atoms. The molecule has 2 aliphatic heterocycles. The van der Waals surface area contributed by atoms with Gasteiger partial charge in [-0.1, -0.05) is 11.6 Å². The molecule has 3 aliphatic rings. The maximum absolute atomic E-state index is 13.7. The van der Waals surface area contributed by atoms with Gasteiger partial charge in [0, 0.05) is 25.6 Å². The van der Waals surface area contributed by atoms with Gasteiger partial charge in [0.25, 0.3) is 5.91 Å². The highest BCUT2D eigenvalue weighted by molar-refractivity contribution is 6.36. The summed E-state index contributed by atoms with van der Waals surface area (Å²) in [6.07, 6.45) is -2.72. The lowest BCUT2D eigenvalue weighted by molar-refractivity contribution is -0.174. The molecule has 1 saturated carbocycles. The van der Waals surface area contributed by atoms with Crippen molar-refractivity contribution in [3.05, 3.63) is 34.1 Å². The largest absolute Gasteiger partial charge is 0.433 e. The molecule has 0 aromatic carbocycles. The molecule has 2 aromatic rings.